The summed E-state index contributed by atoms with van der Waals surface area (Å²) in [5, 5.41) is 2.81. The molecule has 1 aromatic rings. The van der Waals surface area contributed by atoms with Crippen LogP contribution in [0.5, 0.6) is 0 Å². The lowest BCUT2D eigenvalue weighted by Gasteiger charge is -2.37. The maximum atomic E-state index is 12.8. The summed E-state index contributed by atoms with van der Waals surface area (Å²) in [5.41, 5.74) is 1.14. The van der Waals surface area contributed by atoms with Gasteiger partial charge in [0.1, 0.15) is 11.0 Å². The molecule has 134 valence electrons. The molecule has 3 atom stereocenters. The number of hydrogen-bond acceptors (Lipinski definition) is 4. The number of nitrogens with one attached hydrogen (secondary N) is 2. The Morgan fingerprint density at radius 3 is 2.38 bits per heavy atom. The summed E-state index contributed by atoms with van der Waals surface area (Å²) in [6, 6.07) is 7.52. The topological polar surface area (TPSA) is 58.2 Å². The Balaban J connectivity index is 2.29. The van der Waals surface area contributed by atoms with Crippen molar-refractivity contribution >= 4 is 40.4 Å². The van der Waals surface area contributed by atoms with Crippen molar-refractivity contribution in [1.82, 2.24) is 10.0 Å². The highest BCUT2D eigenvalue weighted by Gasteiger charge is 2.51. The third-order valence-corrected chi connectivity index (χ3v) is 9.04. The smallest absolute Gasteiger partial charge is 0.247 e. The first-order valence-electron chi connectivity index (χ1n) is 8.19. The quantitative estimate of drug-likeness (QED) is 0.756. The second-order valence-corrected chi connectivity index (χ2v) is 10.2. The molecule has 1 heterocycles. The molecule has 1 aliphatic heterocycles. The lowest BCUT2D eigenvalue weighted by Crippen LogP contribution is -2.57. The van der Waals surface area contributed by atoms with E-state index in [4.69, 9.17) is 0 Å². The average molecular weight is 387 g/mol. The summed E-state index contributed by atoms with van der Waals surface area (Å²) in [4.78, 5) is 13.4. The molecule has 0 saturated carbocycles. The van der Waals surface area contributed by atoms with E-state index < -0.39 is 15.1 Å². The van der Waals surface area contributed by atoms with Crippen molar-refractivity contribution in [3.8, 4) is 0 Å². The molecule has 1 fully saturated rings. The van der Waals surface area contributed by atoms with E-state index in [1.54, 1.807) is 30.6 Å². The van der Waals surface area contributed by atoms with Gasteiger partial charge < -0.3 is 5.32 Å². The van der Waals surface area contributed by atoms with Crippen LogP contribution in [0.4, 0.5) is 0 Å². The predicted molar refractivity (Wildman–Crippen MR) is 106 cm³/mol. The standard InChI is InChI=1S/C17H26N2O2S3/c1-5-13(3)15(17(16(20)18-4)22-10-11-23-17)19-24(21)14-8-6-12(2)7-9-14/h6-9,13,15,19H,5,10-11H2,1-4H3,(H,18,20)/t13?,15-,24-/m0/s1. The molecule has 1 unspecified atom stereocenters. The summed E-state index contributed by atoms with van der Waals surface area (Å²) >= 11 is 3.34. The molecule has 0 radical (unpaired) electrons. The Bertz CT molecular complexity index is 586. The van der Waals surface area contributed by atoms with E-state index in [2.05, 4.69) is 23.9 Å². The van der Waals surface area contributed by atoms with Gasteiger partial charge >= 0.3 is 0 Å². The number of rotatable bonds is 7. The molecule has 0 aromatic heterocycles. The second-order valence-electron chi connectivity index (χ2n) is 6.01. The zero-order valence-corrected chi connectivity index (χ0v) is 17.1. The fourth-order valence-corrected chi connectivity index (χ4v) is 7.53. The zero-order chi connectivity index (χ0) is 17.7. The average Bonchev–Trinajstić information content (AvgIpc) is 3.09. The Labute approximate surface area is 155 Å². The van der Waals surface area contributed by atoms with E-state index in [1.807, 2.05) is 31.2 Å². The fraction of sp³-hybridized carbons (Fsp3) is 0.588. The lowest BCUT2D eigenvalue weighted by atomic mass is 9.96. The van der Waals surface area contributed by atoms with Gasteiger partial charge in [0.25, 0.3) is 0 Å². The molecular formula is C17H26N2O2S3. The van der Waals surface area contributed by atoms with Gasteiger partial charge in [-0.15, -0.1) is 23.5 Å². The second kappa shape index (κ2) is 8.74. The van der Waals surface area contributed by atoms with Gasteiger partial charge in [-0.1, -0.05) is 38.0 Å². The number of hydrogen-bond donors (Lipinski definition) is 2. The van der Waals surface area contributed by atoms with Crippen LogP contribution < -0.4 is 10.0 Å². The van der Waals surface area contributed by atoms with Crippen molar-refractivity contribution in [1.29, 1.82) is 0 Å². The summed E-state index contributed by atoms with van der Waals surface area (Å²) in [6.07, 6.45) is 0.919. The van der Waals surface area contributed by atoms with Gasteiger partial charge in [0.05, 0.1) is 10.9 Å². The van der Waals surface area contributed by atoms with Crippen molar-refractivity contribution < 1.29 is 9.00 Å². The molecular weight excluding hydrogens is 360 g/mol. The predicted octanol–water partition coefficient (Wildman–Crippen LogP) is 2.94. The van der Waals surface area contributed by atoms with Crippen LogP contribution in [-0.2, 0) is 15.8 Å². The third kappa shape index (κ3) is 4.18. The maximum absolute atomic E-state index is 12.8. The van der Waals surface area contributed by atoms with Crippen molar-refractivity contribution in [3.63, 3.8) is 0 Å². The first kappa shape index (κ1) is 19.8. The van der Waals surface area contributed by atoms with Crippen molar-refractivity contribution in [3.05, 3.63) is 29.8 Å². The number of aryl methyl sites for hydroxylation is 1. The van der Waals surface area contributed by atoms with Crippen LogP contribution in [0.2, 0.25) is 0 Å². The largest absolute Gasteiger partial charge is 0.357 e. The SMILES string of the molecule is CCC(C)[C@H](N[S@@](=O)c1ccc(C)cc1)C1(C(=O)NC)SCCS1. The van der Waals surface area contributed by atoms with E-state index in [1.165, 1.54) is 0 Å². The number of carbonyl (C=O) groups excluding carboxylic acids is 1. The number of carbonyl (C=O) groups is 1. The molecule has 24 heavy (non-hydrogen) atoms. The Kier molecular flexibility index (Phi) is 7.22. The molecule has 7 heteroatoms. The van der Waals surface area contributed by atoms with E-state index >= 15 is 0 Å². The maximum Gasteiger partial charge on any atom is 0.247 e. The lowest BCUT2D eigenvalue weighted by molar-refractivity contribution is -0.121. The van der Waals surface area contributed by atoms with Crippen LogP contribution >= 0.6 is 23.5 Å². The summed E-state index contributed by atoms with van der Waals surface area (Å²) < 4.78 is 15.5. The number of benzene rings is 1. The number of thioether (sulfide) groups is 2. The first-order chi connectivity index (χ1) is 11.4. The fourth-order valence-electron chi connectivity index (χ4n) is 2.70. The van der Waals surface area contributed by atoms with E-state index in [-0.39, 0.29) is 17.9 Å². The van der Waals surface area contributed by atoms with Gasteiger partial charge in [0, 0.05) is 18.6 Å². The molecule has 0 aliphatic carbocycles. The minimum atomic E-state index is -1.34. The Morgan fingerprint density at radius 2 is 1.88 bits per heavy atom. The third-order valence-electron chi connectivity index (χ3n) is 4.35. The highest BCUT2D eigenvalue weighted by molar-refractivity contribution is 8.22. The number of amides is 1. The normalized spacial score (nSPS) is 20.3. The highest BCUT2D eigenvalue weighted by Crippen LogP contribution is 2.49. The molecule has 2 rings (SSSR count). The Morgan fingerprint density at radius 1 is 1.29 bits per heavy atom. The summed E-state index contributed by atoms with van der Waals surface area (Å²) in [6.45, 7) is 6.23. The van der Waals surface area contributed by atoms with Gasteiger partial charge in [-0.2, -0.15) is 0 Å². The van der Waals surface area contributed by atoms with Gasteiger partial charge in [0.2, 0.25) is 5.91 Å². The van der Waals surface area contributed by atoms with Crippen molar-refractivity contribution in [2.75, 3.05) is 18.6 Å². The molecule has 1 aliphatic rings. The van der Waals surface area contributed by atoms with Crippen LogP contribution in [0.3, 0.4) is 0 Å². The van der Waals surface area contributed by atoms with E-state index in [0.29, 0.717) is 0 Å². The van der Waals surface area contributed by atoms with Gasteiger partial charge in [-0.3, -0.25) is 4.79 Å². The van der Waals surface area contributed by atoms with Crippen LogP contribution in [-0.4, -0.2) is 38.8 Å². The van der Waals surface area contributed by atoms with E-state index in [0.717, 1.165) is 28.4 Å². The van der Waals surface area contributed by atoms with Crippen molar-refractivity contribution in [2.24, 2.45) is 5.92 Å². The molecule has 1 aromatic carbocycles. The van der Waals surface area contributed by atoms with Crippen molar-refractivity contribution in [2.45, 2.75) is 42.2 Å². The molecule has 1 amide bonds. The minimum absolute atomic E-state index is 0.00806. The summed E-state index contributed by atoms with van der Waals surface area (Å²) in [7, 11) is 0.334. The Hall–Kier alpha value is -0.500. The molecule has 2 N–H and O–H groups in total. The molecule has 0 bridgehead atoms. The first-order valence-corrected chi connectivity index (χ1v) is 11.3. The molecule has 1 saturated heterocycles. The van der Waals surface area contributed by atoms with Gasteiger partial charge in [-0.25, -0.2) is 8.93 Å². The van der Waals surface area contributed by atoms with Gasteiger partial charge in [0.15, 0.2) is 4.08 Å². The highest BCUT2D eigenvalue weighted by atomic mass is 32.2. The van der Waals surface area contributed by atoms with E-state index in [9.17, 15) is 9.00 Å². The molecule has 4 nitrogen and oxygen atoms in total. The van der Waals surface area contributed by atoms with Crippen LogP contribution in [0, 0.1) is 12.8 Å². The van der Waals surface area contributed by atoms with Gasteiger partial charge in [-0.05, 0) is 25.0 Å². The zero-order valence-electron chi connectivity index (χ0n) is 14.6. The van der Waals surface area contributed by atoms with Crippen LogP contribution in [0.15, 0.2) is 29.2 Å². The minimum Gasteiger partial charge on any atom is -0.357 e. The van der Waals surface area contributed by atoms with Crippen LogP contribution in [0.1, 0.15) is 25.8 Å². The molecule has 0 spiro atoms. The monoisotopic (exact) mass is 386 g/mol. The summed E-state index contributed by atoms with van der Waals surface area (Å²) in [5.74, 6) is 2.11. The van der Waals surface area contributed by atoms with Crippen LogP contribution in [0.25, 0.3) is 0 Å².